The van der Waals surface area contributed by atoms with Crippen LogP contribution in [-0.2, 0) is 16.1 Å². The minimum atomic E-state index is 0.108. The number of hydrogen-bond acceptors (Lipinski definition) is 5. The Morgan fingerprint density at radius 1 is 1.18 bits per heavy atom. The number of carbonyl (C=O) groups excluding carboxylic acids is 2. The molecule has 8 heteroatoms. The van der Waals surface area contributed by atoms with Gasteiger partial charge in [0.15, 0.2) is 5.16 Å². The molecule has 4 rings (SSSR count). The highest BCUT2D eigenvalue weighted by Gasteiger charge is 2.26. The maximum atomic E-state index is 12.6. The first-order valence-electron chi connectivity index (χ1n) is 10.0. The van der Waals surface area contributed by atoms with Gasteiger partial charge < -0.3 is 14.8 Å². The molecule has 2 aromatic rings. The third-order valence-corrected chi connectivity index (χ3v) is 6.26. The van der Waals surface area contributed by atoms with E-state index < -0.39 is 0 Å². The summed E-state index contributed by atoms with van der Waals surface area (Å²) in [5.41, 5.74) is 2.08. The van der Waals surface area contributed by atoms with Gasteiger partial charge in [-0.25, -0.2) is 4.98 Å². The van der Waals surface area contributed by atoms with E-state index in [0.717, 1.165) is 48.7 Å². The van der Waals surface area contributed by atoms with Gasteiger partial charge in [0.1, 0.15) is 0 Å². The van der Waals surface area contributed by atoms with Crippen LogP contribution in [0.25, 0.3) is 11.0 Å². The van der Waals surface area contributed by atoms with E-state index in [1.807, 2.05) is 23.1 Å². The molecule has 2 heterocycles. The molecule has 28 heavy (non-hydrogen) atoms. The lowest BCUT2D eigenvalue weighted by Crippen LogP contribution is -2.51. The molecule has 1 N–H and O–H groups in total. The number of nitrogens with zero attached hydrogens (tertiary/aromatic N) is 4. The summed E-state index contributed by atoms with van der Waals surface area (Å²) in [5.74, 6) is 0.643. The van der Waals surface area contributed by atoms with Crippen molar-refractivity contribution in [3.8, 4) is 0 Å². The molecular weight excluding hydrogens is 374 g/mol. The number of carbonyl (C=O) groups is 2. The molecule has 2 amide bonds. The molecule has 2 fully saturated rings. The normalized spacial score (nSPS) is 17.8. The number of thioether (sulfide) groups is 1. The number of aryl methyl sites for hydroxylation is 1. The highest BCUT2D eigenvalue weighted by Crippen LogP contribution is 2.24. The SMILES string of the molecule is CCn1c(SCC(=O)N2CCN(CC(=O)NC3CC3)CC2)nc2ccccc21. The van der Waals surface area contributed by atoms with Crippen molar-refractivity contribution in [2.24, 2.45) is 0 Å². The number of benzene rings is 1. The van der Waals surface area contributed by atoms with Crippen LogP contribution in [0.5, 0.6) is 0 Å². The number of nitrogens with one attached hydrogen (secondary N) is 1. The third-order valence-electron chi connectivity index (χ3n) is 5.30. The molecule has 1 aliphatic heterocycles. The number of rotatable bonds is 7. The first-order chi connectivity index (χ1) is 13.6. The van der Waals surface area contributed by atoms with E-state index in [9.17, 15) is 9.59 Å². The van der Waals surface area contributed by atoms with E-state index in [4.69, 9.17) is 0 Å². The fourth-order valence-electron chi connectivity index (χ4n) is 3.55. The Balaban J connectivity index is 1.26. The van der Waals surface area contributed by atoms with Gasteiger partial charge in [0.05, 0.1) is 23.3 Å². The summed E-state index contributed by atoms with van der Waals surface area (Å²) in [4.78, 5) is 33.3. The summed E-state index contributed by atoms with van der Waals surface area (Å²) in [6, 6.07) is 8.47. The van der Waals surface area contributed by atoms with Crippen molar-refractivity contribution >= 4 is 34.6 Å². The largest absolute Gasteiger partial charge is 0.352 e. The second-order valence-electron chi connectivity index (χ2n) is 7.41. The number of imidazole rings is 1. The minimum Gasteiger partial charge on any atom is -0.352 e. The molecule has 0 bridgehead atoms. The van der Waals surface area contributed by atoms with Crippen LogP contribution in [0.2, 0.25) is 0 Å². The fourth-order valence-corrected chi connectivity index (χ4v) is 4.53. The van der Waals surface area contributed by atoms with Gasteiger partial charge in [-0.15, -0.1) is 0 Å². The van der Waals surface area contributed by atoms with Crippen LogP contribution >= 0.6 is 11.8 Å². The third kappa shape index (κ3) is 4.50. The molecule has 1 aromatic carbocycles. The first-order valence-corrected chi connectivity index (χ1v) is 11.0. The van der Waals surface area contributed by atoms with Crippen LogP contribution in [0.3, 0.4) is 0 Å². The van der Waals surface area contributed by atoms with Gasteiger partial charge in [0.25, 0.3) is 0 Å². The van der Waals surface area contributed by atoms with Crippen molar-refractivity contribution in [3.05, 3.63) is 24.3 Å². The number of aromatic nitrogens is 2. The molecule has 0 spiro atoms. The molecular formula is C20H27N5O2S. The monoisotopic (exact) mass is 401 g/mol. The average Bonchev–Trinajstić information content (AvgIpc) is 3.44. The standard InChI is InChI=1S/C20H27N5O2S/c1-2-25-17-6-4-3-5-16(17)22-20(25)28-14-19(27)24-11-9-23(10-12-24)13-18(26)21-15-7-8-15/h3-6,15H,2,7-14H2,1H3,(H,21,26). The smallest absolute Gasteiger partial charge is 0.234 e. The van der Waals surface area contributed by atoms with Gasteiger partial charge in [-0.05, 0) is 31.9 Å². The van der Waals surface area contributed by atoms with E-state index in [1.54, 1.807) is 0 Å². The Morgan fingerprint density at radius 2 is 1.93 bits per heavy atom. The Hall–Kier alpha value is -2.06. The lowest BCUT2D eigenvalue weighted by atomic mass is 10.3. The predicted molar refractivity (Wildman–Crippen MR) is 110 cm³/mol. The van der Waals surface area contributed by atoms with Gasteiger partial charge in [-0.2, -0.15) is 0 Å². The van der Waals surface area contributed by atoms with E-state index in [1.165, 1.54) is 11.8 Å². The number of hydrogen-bond donors (Lipinski definition) is 1. The summed E-state index contributed by atoms with van der Waals surface area (Å²) >= 11 is 1.51. The molecule has 1 saturated carbocycles. The van der Waals surface area contributed by atoms with Crippen LogP contribution in [0.1, 0.15) is 19.8 Å². The molecule has 150 valence electrons. The zero-order chi connectivity index (χ0) is 19.5. The molecule has 1 aliphatic carbocycles. The van der Waals surface area contributed by atoms with Gasteiger partial charge in [-0.3, -0.25) is 14.5 Å². The predicted octanol–water partition coefficient (Wildman–Crippen LogP) is 1.57. The zero-order valence-corrected chi connectivity index (χ0v) is 17.1. The van der Waals surface area contributed by atoms with Gasteiger partial charge in [0, 0.05) is 38.8 Å². The van der Waals surface area contributed by atoms with Crippen LogP contribution in [-0.4, -0.2) is 75.7 Å². The van der Waals surface area contributed by atoms with Crippen molar-refractivity contribution in [1.29, 1.82) is 0 Å². The van der Waals surface area contributed by atoms with Crippen molar-refractivity contribution in [3.63, 3.8) is 0 Å². The highest BCUT2D eigenvalue weighted by atomic mass is 32.2. The van der Waals surface area contributed by atoms with Crippen molar-refractivity contribution in [2.75, 3.05) is 38.5 Å². The molecule has 0 radical (unpaired) electrons. The summed E-state index contributed by atoms with van der Waals surface area (Å²) < 4.78 is 2.16. The summed E-state index contributed by atoms with van der Waals surface area (Å²) in [7, 11) is 0. The van der Waals surface area contributed by atoms with E-state index in [-0.39, 0.29) is 11.8 Å². The number of fused-ring (bicyclic) bond motifs is 1. The Morgan fingerprint density at radius 3 is 2.64 bits per heavy atom. The molecule has 7 nitrogen and oxygen atoms in total. The summed E-state index contributed by atoms with van der Waals surface area (Å²) in [5, 5.41) is 3.92. The average molecular weight is 402 g/mol. The first kappa shape index (κ1) is 19.3. The van der Waals surface area contributed by atoms with Crippen LogP contribution < -0.4 is 5.32 Å². The summed E-state index contributed by atoms with van der Waals surface area (Å²) in [6.07, 6.45) is 2.22. The number of para-hydroxylation sites is 2. The minimum absolute atomic E-state index is 0.108. The Labute approximate surface area is 169 Å². The fraction of sp³-hybridized carbons (Fsp3) is 0.550. The number of piperazine rings is 1. The van der Waals surface area contributed by atoms with Crippen molar-refractivity contribution < 1.29 is 9.59 Å². The maximum absolute atomic E-state index is 12.6. The maximum Gasteiger partial charge on any atom is 0.234 e. The molecule has 1 aromatic heterocycles. The van der Waals surface area contributed by atoms with Crippen molar-refractivity contribution in [2.45, 2.75) is 37.5 Å². The lowest BCUT2D eigenvalue weighted by molar-refractivity contribution is -0.130. The van der Waals surface area contributed by atoms with Crippen LogP contribution in [0.4, 0.5) is 0 Å². The summed E-state index contributed by atoms with van der Waals surface area (Å²) in [6.45, 7) is 6.23. The Kier molecular flexibility index (Phi) is 5.87. The van der Waals surface area contributed by atoms with Crippen LogP contribution in [0.15, 0.2) is 29.4 Å². The van der Waals surface area contributed by atoms with Gasteiger partial charge >= 0.3 is 0 Å². The van der Waals surface area contributed by atoms with Crippen LogP contribution in [0, 0.1) is 0 Å². The zero-order valence-electron chi connectivity index (χ0n) is 16.3. The van der Waals surface area contributed by atoms with E-state index in [0.29, 0.717) is 31.4 Å². The highest BCUT2D eigenvalue weighted by molar-refractivity contribution is 7.99. The second kappa shape index (κ2) is 8.53. The quantitative estimate of drug-likeness (QED) is 0.713. The van der Waals surface area contributed by atoms with Gasteiger partial charge in [-0.1, -0.05) is 23.9 Å². The second-order valence-corrected chi connectivity index (χ2v) is 8.36. The van der Waals surface area contributed by atoms with E-state index in [2.05, 4.69) is 32.8 Å². The molecule has 2 aliphatic rings. The molecule has 1 saturated heterocycles. The van der Waals surface area contributed by atoms with Gasteiger partial charge in [0.2, 0.25) is 11.8 Å². The Bertz CT molecular complexity index is 855. The number of amides is 2. The van der Waals surface area contributed by atoms with Crippen molar-refractivity contribution in [1.82, 2.24) is 24.7 Å². The molecule has 0 atom stereocenters. The topological polar surface area (TPSA) is 70.5 Å². The molecule has 0 unspecified atom stereocenters. The van der Waals surface area contributed by atoms with E-state index >= 15 is 0 Å². The lowest BCUT2D eigenvalue weighted by Gasteiger charge is -2.34.